The Morgan fingerprint density at radius 1 is 1.12 bits per heavy atom. The lowest BCUT2D eigenvalue weighted by Crippen LogP contribution is -2.41. The fourth-order valence-electron chi connectivity index (χ4n) is 2.56. The van der Waals surface area contributed by atoms with E-state index in [1.165, 1.54) is 0 Å². The molecule has 138 valence electrons. The average molecular weight is 347 g/mol. The third-order valence-corrected chi connectivity index (χ3v) is 5.06. The maximum absolute atomic E-state index is 12.6. The largest absolute Gasteiger partial charge is 0.496 e. The molecule has 0 unspecified atom stereocenters. The Morgan fingerprint density at radius 3 is 2.16 bits per heavy atom. The van der Waals surface area contributed by atoms with Crippen LogP contribution in [0.4, 0.5) is 0 Å². The minimum atomic E-state index is -0.466. The molecule has 0 bridgehead atoms. The first-order valence-corrected chi connectivity index (χ1v) is 8.67. The monoisotopic (exact) mass is 347 g/mol. The quantitative estimate of drug-likeness (QED) is 0.752. The number of rotatable bonds is 5. The van der Waals surface area contributed by atoms with Crippen LogP contribution in [0.2, 0.25) is 0 Å². The number of nitrogens with zero attached hydrogens (tertiary/aromatic N) is 3. The van der Waals surface area contributed by atoms with Crippen molar-refractivity contribution in [3.63, 3.8) is 0 Å². The molecule has 2 rings (SSSR count). The third-order valence-electron chi connectivity index (χ3n) is 5.06. The molecule has 0 spiro atoms. The average Bonchev–Trinajstić information content (AvgIpc) is 2.72. The van der Waals surface area contributed by atoms with Gasteiger partial charge in [-0.1, -0.05) is 6.07 Å². The van der Waals surface area contributed by atoms with Gasteiger partial charge in [0.15, 0.2) is 0 Å². The summed E-state index contributed by atoms with van der Waals surface area (Å²) in [5.41, 5.74) is 1.35. The standard InChI is InChI=1S/C18H30BN3O3/c1-13-11-14(19-24-17(2,3)18(4,5)25-19)12-20-15(13)16(23)22(8)10-9-21(6)7/h11-12H,9-10H2,1-8H3. The first kappa shape index (κ1) is 19.9. The summed E-state index contributed by atoms with van der Waals surface area (Å²) in [4.78, 5) is 20.7. The molecule has 6 nitrogen and oxygen atoms in total. The Hall–Kier alpha value is -1.44. The van der Waals surface area contributed by atoms with Gasteiger partial charge in [-0.25, -0.2) is 0 Å². The van der Waals surface area contributed by atoms with Gasteiger partial charge in [-0.05, 0) is 54.3 Å². The minimum Gasteiger partial charge on any atom is -0.399 e. The Labute approximate surface area is 151 Å². The lowest BCUT2D eigenvalue weighted by Gasteiger charge is -2.32. The number of carbonyl (C=O) groups is 1. The maximum Gasteiger partial charge on any atom is 0.496 e. The summed E-state index contributed by atoms with van der Waals surface area (Å²) in [6.07, 6.45) is 1.68. The molecule has 1 amide bonds. The van der Waals surface area contributed by atoms with Crippen molar-refractivity contribution in [1.29, 1.82) is 0 Å². The Balaban J connectivity index is 2.15. The highest BCUT2D eigenvalue weighted by atomic mass is 16.7. The number of hydrogen-bond donors (Lipinski definition) is 0. The van der Waals surface area contributed by atoms with Crippen LogP contribution in [-0.4, -0.2) is 73.2 Å². The summed E-state index contributed by atoms with van der Waals surface area (Å²) >= 11 is 0. The summed E-state index contributed by atoms with van der Waals surface area (Å²) in [5, 5.41) is 0. The van der Waals surface area contributed by atoms with Crippen LogP contribution < -0.4 is 5.46 Å². The van der Waals surface area contributed by atoms with Crippen LogP contribution in [0.3, 0.4) is 0 Å². The van der Waals surface area contributed by atoms with E-state index in [1.807, 2.05) is 59.7 Å². The molecule has 1 saturated heterocycles. The molecule has 0 N–H and O–H groups in total. The van der Waals surface area contributed by atoms with Crippen molar-refractivity contribution in [2.24, 2.45) is 0 Å². The predicted octanol–water partition coefficient (Wildman–Crippen LogP) is 1.32. The van der Waals surface area contributed by atoms with E-state index in [-0.39, 0.29) is 5.91 Å². The highest BCUT2D eigenvalue weighted by Crippen LogP contribution is 2.36. The van der Waals surface area contributed by atoms with Crippen molar-refractivity contribution < 1.29 is 14.1 Å². The summed E-state index contributed by atoms with van der Waals surface area (Å²) in [6, 6.07) is 1.93. The smallest absolute Gasteiger partial charge is 0.399 e. The zero-order valence-electron chi connectivity index (χ0n) is 16.7. The molecule has 1 fully saturated rings. The highest BCUT2D eigenvalue weighted by Gasteiger charge is 2.51. The fourth-order valence-corrected chi connectivity index (χ4v) is 2.56. The van der Waals surface area contributed by atoms with Crippen LogP contribution >= 0.6 is 0 Å². The van der Waals surface area contributed by atoms with Crippen LogP contribution in [-0.2, 0) is 9.31 Å². The van der Waals surface area contributed by atoms with Gasteiger partial charge in [0.1, 0.15) is 5.69 Å². The Morgan fingerprint density at radius 2 is 1.68 bits per heavy atom. The number of amides is 1. The van der Waals surface area contributed by atoms with Crippen molar-refractivity contribution >= 4 is 18.5 Å². The lowest BCUT2D eigenvalue weighted by molar-refractivity contribution is 0.00578. The molecule has 7 heteroatoms. The summed E-state index contributed by atoms with van der Waals surface area (Å²) < 4.78 is 12.1. The van der Waals surface area contributed by atoms with E-state index in [0.29, 0.717) is 12.2 Å². The topological polar surface area (TPSA) is 54.9 Å². The van der Waals surface area contributed by atoms with E-state index in [9.17, 15) is 4.79 Å². The summed E-state index contributed by atoms with van der Waals surface area (Å²) in [5.74, 6) is -0.0696. The molecule has 1 aliphatic rings. The zero-order chi connectivity index (χ0) is 19.0. The van der Waals surface area contributed by atoms with Gasteiger partial charge in [-0.15, -0.1) is 0 Å². The summed E-state index contributed by atoms with van der Waals surface area (Å²) in [7, 11) is 5.31. The number of likely N-dealkylation sites (N-methyl/N-ethyl adjacent to an activating group) is 2. The Kier molecular flexibility index (Phi) is 5.61. The zero-order valence-corrected chi connectivity index (χ0v) is 16.7. The molecular formula is C18H30BN3O3. The first-order chi connectivity index (χ1) is 11.4. The fraction of sp³-hybridized carbons (Fsp3) is 0.667. The molecule has 1 aromatic rings. The minimum absolute atomic E-state index is 0.0696. The van der Waals surface area contributed by atoms with Crippen molar-refractivity contribution in [2.75, 3.05) is 34.2 Å². The van der Waals surface area contributed by atoms with Crippen LogP contribution in [0.15, 0.2) is 12.3 Å². The molecule has 2 heterocycles. The van der Waals surface area contributed by atoms with Gasteiger partial charge in [0.2, 0.25) is 0 Å². The van der Waals surface area contributed by atoms with Crippen molar-refractivity contribution in [3.05, 3.63) is 23.5 Å². The van der Waals surface area contributed by atoms with Gasteiger partial charge in [0.25, 0.3) is 5.91 Å². The summed E-state index contributed by atoms with van der Waals surface area (Å²) in [6.45, 7) is 11.4. The van der Waals surface area contributed by atoms with E-state index in [0.717, 1.165) is 17.6 Å². The number of aryl methyl sites for hydroxylation is 1. The normalized spacial score (nSPS) is 18.7. The molecule has 0 aromatic carbocycles. The van der Waals surface area contributed by atoms with E-state index in [4.69, 9.17) is 9.31 Å². The van der Waals surface area contributed by atoms with Crippen molar-refractivity contribution in [3.8, 4) is 0 Å². The van der Waals surface area contributed by atoms with Gasteiger partial charge in [0.05, 0.1) is 11.2 Å². The molecule has 0 saturated carbocycles. The van der Waals surface area contributed by atoms with Crippen molar-refractivity contribution in [2.45, 2.75) is 45.8 Å². The SMILES string of the molecule is Cc1cc(B2OC(C)(C)C(C)(C)O2)cnc1C(=O)N(C)CCN(C)C. The maximum atomic E-state index is 12.6. The first-order valence-electron chi connectivity index (χ1n) is 8.67. The predicted molar refractivity (Wildman–Crippen MR) is 100 cm³/mol. The number of carbonyl (C=O) groups excluding carboxylic acids is 1. The van der Waals surface area contributed by atoms with Gasteiger partial charge < -0.3 is 19.1 Å². The Bertz CT molecular complexity index is 630. The second kappa shape index (κ2) is 7.06. The second-order valence-corrected chi connectivity index (χ2v) is 8.05. The van der Waals surface area contributed by atoms with Gasteiger partial charge in [-0.2, -0.15) is 0 Å². The second-order valence-electron chi connectivity index (χ2n) is 8.05. The van der Waals surface area contributed by atoms with E-state index >= 15 is 0 Å². The van der Waals surface area contributed by atoms with Crippen LogP contribution in [0.25, 0.3) is 0 Å². The highest BCUT2D eigenvalue weighted by molar-refractivity contribution is 6.62. The van der Waals surface area contributed by atoms with Gasteiger partial charge in [-0.3, -0.25) is 9.78 Å². The van der Waals surface area contributed by atoms with Gasteiger partial charge >= 0.3 is 7.12 Å². The molecule has 25 heavy (non-hydrogen) atoms. The van der Waals surface area contributed by atoms with Gasteiger partial charge in [0, 0.05) is 31.8 Å². The molecular weight excluding hydrogens is 317 g/mol. The molecule has 0 aliphatic carbocycles. The van der Waals surface area contributed by atoms with Crippen LogP contribution in [0, 0.1) is 6.92 Å². The number of aromatic nitrogens is 1. The van der Waals surface area contributed by atoms with E-state index in [2.05, 4.69) is 4.98 Å². The van der Waals surface area contributed by atoms with Crippen LogP contribution in [0.1, 0.15) is 43.7 Å². The van der Waals surface area contributed by atoms with Crippen LogP contribution in [0.5, 0.6) is 0 Å². The third kappa shape index (κ3) is 4.22. The number of hydrogen-bond acceptors (Lipinski definition) is 5. The molecule has 0 atom stereocenters. The lowest BCUT2D eigenvalue weighted by atomic mass is 9.79. The molecule has 0 radical (unpaired) electrons. The van der Waals surface area contributed by atoms with Crippen molar-refractivity contribution in [1.82, 2.24) is 14.8 Å². The van der Waals surface area contributed by atoms with E-state index in [1.54, 1.807) is 18.1 Å². The molecule has 1 aromatic heterocycles. The molecule has 1 aliphatic heterocycles. The van der Waals surface area contributed by atoms with E-state index < -0.39 is 18.3 Å². The number of pyridine rings is 1.